The van der Waals surface area contributed by atoms with Crippen molar-refractivity contribution < 1.29 is 33.4 Å². The van der Waals surface area contributed by atoms with Crippen LogP contribution in [0.5, 0.6) is 0 Å². The molecule has 7 heteroatoms. The first-order chi connectivity index (χ1) is 10.9. The largest absolute Gasteiger partial charge is 0.466 e. The molecule has 0 spiro atoms. The lowest BCUT2D eigenvalue weighted by atomic mass is 9.79. The Labute approximate surface area is 135 Å². The Kier molecular flexibility index (Phi) is 7.44. The maximum atomic E-state index is 12.1. The zero-order valence-corrected chi connectivity index (χ0v) is 13.6. The van der Waals surface area contributed by atoms with Gasteiger partial charge >= 0.3 is 17.9 Å². The van der Waals surface area contributed by atoms with Crippen LogP contribution in [0.2, 0.25) is 0 Å². The van der Waals surface area contributed by atoms with Crippen molar-refractivity contribution in [3.8, 4) is 0 Å². The van der Waals surface area contributed by atoms with E-state index < -0.39 is 29.7 Å². The molecule has 23 heavy (non-hydrogen) atoms. The van der Waals surface area contributed by atoms with Gasteiger partial charge in [-0.25, -0.2) is 4.79 Å². The van der Waals surface area contributed by atoms with E-state index in [1.807, 2.05) is 0 Å². The zero-order valence-electron chi connectivity index (χ0n) is 13.6. The molecule has 0 amide bonds. The van der Waals surface area contributed by atoms with E-state index in [1.165, 1.54) is 6.08 Å². The molecule has 2 unspecified atom stereocenters. The van der Waals surface area contributed by atoms with Crippen LogP contribution in [0.25, 0.3) is 0 Å². The lowest BCUT2D eigenvalue weighted by Gasteiger charge is -2.25. The number of Topliss-reactive ketones (excluding diaryl/α,β-unsaturated/α-hetero) is 1. The molecule has 1 rings (SSSR count). The highest BCUT2D eigenvalue weighted by Crippen LogP contribution is 2.30. The maximum absolute atomic E-state index is 12.1. The predicted molar refractivity (Wildman–Crippen MR) is 79.2 cm³/mol. The smallest absolute Gasteiger partial charge is 0.334 e. The maximum Gasteiger partial charge on any atom is 0.334 e. The van der Waals surface area contributed by atoms with Gasteiger partial charge in [0.2, 0.25) is 0 Å². The second-order valence-electron chi connectivity index (χ2n) is 4.95. The minimum absolute atomic E-state index is 0.104. The number of ketones is 1. The average molecular weight is 326 g/mol. The molecule has 1 aliphatic carbocycles. The van der Waals surface area contributed by atoms with Gasteiger partial charge in [-0.15, -0.1) is 0 Å². The minimum Gasteiger partial charge on any atom is -0.466 e. The third-order valence-corrected chi connectivity index (χ3v) is 3.35. The van der Waals surface area contributed by atoms with Gasteiger partial charge in [0.1, 0.15) is 5.92 Å². The highest BCUT2D eigenvalue weighted by Gasteiger charge is 2.38. The van der Waals surface area contributed by atoms with Crippen LogP contribution in [0.1, 0.15) is 33.6 Å². The summed E-state index contributed by atoms with van der Waals surface area (Å²) in [4.78, 5) is 47.7. The van der Waals surface area contributed by atoms with Crippen LogP contribution in [-0.4, -0.2) is 43.5 Å². The molecule has 0 saturated carbocycles. The summed E-state index contributed by atoms with van der Waals surface area (Å²) in [6.45, 7) is 5.45. The summed E-state index contributed by atoms with van der Waals surface area (Å²) in [5.41, 5.74) is 0.151. The topological polar surface area (TPSA) is 96.0 Å². The van der Waals surface area contributed by atoms with E-state index >= 15 is 0 Å². The highest BCUT2D eigenvalue weighted by atomic mass is 16.5. The van der Waals surface area contributed by atoms with Gasteiger partial charge in [0, 0.05) is 17.9 Å². The Bertz CT molecular complexity index is 507. The number of carbonyl (C=O) groups is 4. The van der Waals surface area contributed by atoms with Gasteiger partial charge in [0.05, 0.1) is 26.2 Å². The number of ether oxygens (including phenoxy) is 3. The van der Waals surface area contributed by atoms with Crippen LogP contribution in [0.15, 0.2) is 11.6 Å². The number of rotatable bonds is 7. The third kappa shape index (κ3) is 5.19. The van der Waals surface area contributed by atoms with Crippen molar-refractivity contribution >= 4 is 23.7 Å². The van der Waals surface area contributed by atoms with Crippen LogP contribution >= 0.6 is 0 Å². The third-order valence-electron chi connectivity index (χ3n) is 3.35. The first-order valence-electron chi connectivity index (χ1n) is 7.68. The van der Waals surface area contributed by atoms with Crippen molar-refractivity contribution in [2.45, 2.75) is 33.6 Å². The molecule has 0 aromatic rings. The Morgan fingerprint density at radius 2 is 1.65 bits per heavy atom. The van der Waals surface area contributed by atoms with Crippen LogP contribution in [0, 0.1) is 11.8 Å². The summed E-state index contributed by atoms with van der Waals surface area (Å²) in [5, 5.41) is 0. The zero-order chi connectivity index (χ0) is 17.4. The van der Waals surface area contributed by atoms with Crippen LogP contribution < -0.4 is 0 Å². The summed E-state index contributed by atoms with van der Waals surface area (Å²) < 4.78 is 14.7. The molecule has 0 N–H and O–H groups in total. The summed E-state index contributed by atoms with van der Waals surface area (Å²) >= 11 is 0. The second kappa shape index (κ2) is 9.07. The van der Waals surface area contributed by atoms with Crippen LogP contribution in [0.4, 0.5) is 0 Å². The highest BCUT2D eigenvalue weighted by molar-refractivity contribution is 6.05. The number of carbonyl (C=O) groups excluding carboxylic acids is 4. The molecule has 1 aliphatic rings. The van der Waals surface area contributed by atoms with Gasteiger partial charge in [-0.2, -0.15) is 0 Å². The summed E-state index contributed by atoms with van der Waals surface area (Å²) in [7, 11) is 0. The molecule has 0 aromatic heterocycles. The van der Waals surface area contributed by atoms with Crippen LogP contribution in [0.3, 0.4) is 0 Å². The summed E-state index contributed by atoms with van der Waals surface area (Å²) in [6, 6.07) is 0. The monoisotopic (exact) mass is 326 g/mol. The van der Waals surface area contributed by atoms with Crippen molar-refractivity contribution in [2.24, 2.45) is 11.8 Å². The molecule has 0 bridgehead atoms. The molecule has 2 atom stereocenters. The lowest BCUT2D eigenvalue weighted by molar-refractivity contribution is -0.150. The molecule has 0 fully saturated rings. The van der Waals surface area contributed by atoms with Crippen molar-refractivity contribution in [1.29, 1.82) is 0 Å². The predicted octanol–water partition coefficient (Wildman–Crippen LogP) is 1.20. The molecule has 0 aromatic carbocycles. The molecule has 0 heterocycles. The minimum atomic E-state index is -1.13. The normalized spacial score (nSPS) is 20.5. The van der Waals surface area contributed by atoms with Gasteiger partial charge in [-0.1, -0.05) is 6.08 Å². The van der Waals surface area contributed by atoms with E-state index in [1.54, 1.807) is 20.8 Å². The van der Waals surface area contributed by atoms with Crippen molar-refractivity contribution in [2.75, 3.05) is 19.8 Å². The molecule has 7 nitrogen and oxygen atoms in total. The van der Waals surface area contributed by atoms with Crippen molar-refractivity contribution in [3.05, 3.63) is 11.6 Å². The van der Waals surface area contributed by atoms with Gasteiger partial charge in [0.25, 0.3) is 0 Å². The van der Waals surface area contributed by atoms with E-state index in [-0.39, 0.29) is 44.0 Å². The lowest BCUT2D eigenvalue weighted by Crippen LogP contribution is -2.34. The molecule has 0 aliphatic heterocycles. The molecule has 0 radical (unpaired) electrons. The van der Waals surface area contributed by atoms with Crippen molar-refractivity contribution in [1.82, 2.24) is 0 Å². The first kappa shape index (κ1) is 18.9. The SMILES string of the molecule is CCOC(=O)CC1CC(=O)C(C(=O)OCC)C=C1C(=O)OCC. The number of esters is 3. The Morgan fingerprint density at radius 1 is 1.04 bits per heavy atom. The van der Waals surface area contributed by atoms with Gasteiger partial charge < -0.3 is 14.2 Å². The Balaban J connectivity index is 3.04. The quantitative estimate of drug-likeness (QED) is 0.394. The number of hydrogen-bond donors (Lipinski definition) is 0. The first-order valence-corrected chi connectivity index (χ1v) is 7.68. The molecule has 128 valence electrons. The number of hydrogen-bond acceptors (Lipinski definition) is 7. The van der Waals surface area contributed by atoms with Gasteiger partial charge in [0.15, 0.2) is 5.78 Å². The fourth-order valence-electron chi connectivity index (χ4n) is 2.37. The van der Waals surface area contributed by atoms with E-state index in [9.17, 15) is 19.2 Å². The molecular weight excluding hydrogens is 304 g/mol. The van der Waals surface area contributed by atoms with E-state index in [2.05, 4.69) is 0 Å². The molecular formula is C16H22O7. The van der Waals surface area contributed by atoms with Gasteiger partial charge in [-0.3, -0.25) is 14.4 Å². The van der Waals surface area contributed by atoms with E-state index in [0.29, 0.717) is 0 Å². The van der Waals surface area contributed by atoms with Gasteiger partial charge in [-0.05, 0) is 20.8 Å². The summed E-state index contributed by atoms with van der Waals surface area (Å²) in [6.07, 6.45) is 1.04. The fourth-order valence-corrected chi connectivity index (χ4v) is 2.37. The Hall–Kier alpha value is -2.18. The second-order valence-corrected chi connectivity index (χ2v) is 4.95. The van der Waals surface area contributed by atoms with E-state index in [0.717, 1.165) is 0 Å². The Morgan fingerprint density at radius 3 is 2.22 bits per heavy atom. The van der Waals surface area contributed by atoms with E-state index in [4.69, 9.17) is 14.2 Å². The fraction of sp³-hybridized carbons (Fsp3) is 0.625. The van der Waals surface area contributed by atoms with Crippen molar-refractivity contribution in [3.63, 3.8) is 0 Å². The average Bonchev–Trinajstić information content (AvgIpc) is 2.47. The standard InChI is InChI=1S/C16H22O7/c1-4-21-14(18)8-10-7-13(17)12(16(20)23-6-3)9-11(10)15(19)22-5-2/h9-10,12H,4-8H2,1-3H3. The molecule has 0 saturated heterocycles. The van der Waals surface area contributed by atoms with Crippen LogP contribution in [-0.2, 0) is 33.4 Å². The summed E-state index contributed by atoms with van der Waals surface area (Å²) in [5.74, 6) is -4.00.